The van der Waals surface area contributed by atoms with Crippen LogP contribution in [0.5, 0.6) is 0 Å². The van der Waals surface area contributed by atoms with E-state index in [9.17, 15) is 4.79 Å². The molecule has 5 heteroatoms. The third kappa shape index (κ3) is 2.90. The summed E-state index contributed by atoms with van der Waals surface area (Å²) in [6.45, 7) is 2.92. The Morgan fingerprint density at radius 1 is 1.67 bits per heavy atom. The normalized spacial score (nSPS) is 16.6. The number of rotatable bonds is 6. The Labute approximate surface area is 108 Å². The van der Waals surface area contributed by atoms with Crippen LogP contribution in [0.25, 0.3) is 0 Å². The van der Waals surface area contributed by atoms with Gasteiger partial charge in [0.05, 0.1) is 12.8 Å². The number of ether oxygens (including phenoxy) is 1. The number of nitrogens with one attached hydrogen (secondary N) is 1. The van der Waals surface area contributed by atoms with Crippen LogP contribution < -0.4 is 5.32 Å². The summed E-state index contributed by atoms with van der Waals surface area (Å²) in [4.78, 5) is 11.9. The van der Waals surface area contributed by atoms with Crippen LogP contribution in [-0.4, -0.2) is 29.4 Å². The first-order chi connectivity index (χ1) is 8.65. The van der Waals surface area contributed by atoms with Crippen LogP contribution in [-0.2, 0) is 23.0 Å². The molecular weight excluding hydrogens is 230 g/mol. The summed E-state index contributed by atoms with van der Waals surface area (Å²) in [5.74, 6) is 0.484. The lowest BCUT2D eigenvalue weighted by molar-refractivity contribution is -0.143. The molecule has 1 atom stereocenters. The van der Waals surface area contributed by atoms with Crippen molar-refractivity contribution in [1.82, 2.24) is 15.1 Å². The van der Waals surface area contributed by atoms with Crippen molar-refractivity contribution in [2.24, 2.45) is 13.0 Å². The second-order valence-electron chi connectivity index (χ2n) is 4.87. The van der Waals surface area contributed by atoms with E-state index in [-0.39, 0.29) is 12.0 Å². The molecule has 5 nitrogen and oxygen atoms in total. The van der Waals surface area contributed by atoms with Gasteiger partial charge in [0.15, 0.2) is 0 Å². The summed E-state index contributed by atoms with van der Waals surface area (Å²) in [6.07, 6.45) is 5.23. The van der Waals surface area contributed by atoms with Gasteiger partial charge in [-0.05, 0) is 31.7 Å². The van der Waals surface area contributed by atoms with E-state index < -0.39 is 0 Å². The van der Waals surface area contributed by atoms with E-state index in [2.05, 4.69) is 10.4 Å². The zero-order valence-electron chi connectivity index (χ0n) is 11.3. The van der Waals surface area contributed by atoms with E-state index in [1.807, 2.05) is 20.2 Å². The van der Waals surface area contributed by atoms with Crippen LogP contribution in [0.1, 0.15) is 37.1 Å². The number of aryl methyl sites for hydroxylation is 2. The fourth-order valence-electron chi connectivity index (χ4n) is 2.11. The molecule has 0 aliphatic heterocycles. The van der Waals surface area contributed by atoms with Crippen molar-refractivity contribution >= 4 is 5.97 Å². The molecular formula is C13H21N3O2. The van der Waals surface area contributed by atoms with E-state index in [1.54, 1.807) is 4.68 Å². The number of carbonyl (C=O) groups is 1. The number of carbonyl (C=O) groups excluding carboxylic acids is 1. The van der Waals surface area contributed by atoms with Gasteiger partial charge >= 0.3 is 5.97 Å². The molecule has 1 aromatic rings. The van der Waals surface area contributed by atoms with E-state index in [4.69, 9.17) is 4.74 Å². The Morgan fingerprint density at radius 2 is 2.39 bits per heavy atom. The van der Waals surface area contributed by atoms with Gasteiger partial charge < -0.3 is 10.1 Å². The van der Waals surface area contributed by atoms with Crippen molar-refractivity contribution < 1.29 is 9.53 Å². The van der Waals surface area contributed by atoms with Crippen molar-refractivity contribution in [2.45, 2.75) is 32.2 Å². The first-order valence-corrected chi connectivity index (χ1v) is 6.49. The van der Waals surface area contributed by atoms with Gasteiger partial charge in [-0.3, -0.25) is 4.68 Å². The maximum absolute atomic E-state index is 11.9. The van der Waals surface area contributed by atoms with Crippen LogP contribution in [0.15, 0.2) is 6.20 Å². The lowest BCUT2D eigenvalue weighted by Gasteiger charge is -2.16. The highest BCUT2D eigenvalue weighted by Gasteiger charge is 2.28. The lowest BCUT2D eigenvalue weighted by Crippen LogP contribution is -2.31. The SMILES string of the molecule is CCc1nn(C)cc1C(NCC1CC1)C(=O)OC. The number of aromatic nitrogens is 2. The molecule has 2 rings (SSSR count). The highest BCUT2D eigenvalue weighted by molar-refractivity contribution is 5.77. The molecule has 0 aromatic carbocycles. The minimum atomic E-state index is -0.390. The molecule has 0 radical (unpaired) electrons. The zero-order chi connectivity index (χ0) is 13.1. The van der Waals surface area contributed by atoms with Gasteiger partial charge in [0.2, 0.25) is 0 Å². The standard InChI is InChI=1S/C13H21N3O2/c1-4-11-10(8-16(2)15-11)12(13(17)18-3)14-7-9-5-6-9/h8-9,12,14H,4-7H2,1-3H3. The van der Waals surface area contributed by atoms with Crippen LogP contribution >= 0.6 is 0 Å². The topological polar surface area (TPSA) is 56.2 Å². The Balaban J connectivity index is 2.16. The zero-order valence-corrected chi connectivity index (χ0v) is 11.3. The molecule has 1 N–H and O–H groups in total. The molecule has 0 amide bonds. The minimum absolute atomic E-state index is 0.238. The smallest absolute Gasteiger partial charge is 0.327 e. The molecule has 1 saturated carbocycles. The number of hydrogen-bond acceptors (Lipinski definition) is 4. The van der Waals surface area contributed by atoms with Crippen molar-refractivity contribution in [3.05, 3.63) is 17.5 Å². The van der Waals surface area contributed by atoms with Gasteiger partial charge in [0.1, 0.15) is 6.04 Å². The third-order valence-electron chi connectivity index (χ3n) is 3.33. The first-order valence-electron chi connectivity index (χ1n) is 6.49. The summed E-state index contributed by atoms with van der Waals surface area (Å²) in [5, 5.41) is 7.69. The van der Waals surface area contributed by atoms with Crippen LogP contribution in [0.2, 0.25) is 0 Å². The van der Waals surface area contributed by atoms with E-state index in [1.165, 1.54) is 20.0 Å². The molecule has 1 aromatic heterocycles. The molecule has 100 valence electrons. The average Bonchev–Trinajstić information content (AvgIpc) is 3.11. The Kier molecular flexibility index (Phi) is 4.01. The Bertz CT molecular complexity index is 424. The van der Waals surface area contributed by atoms with E-state index in [0.29, 0.717) is 0 Å². The molecule has 0 bridgehead atoms. The summed E-state index contributed by atoms with van der Waals surface area (Å²) < 4.78 is 6.64. The van der Waals surface area contributed by atoms with Gasteiger partial charge in [-0.25, -0.2) is 4.79 Å². The second-order valence-corrected chi connectivity index (χ2v) is 4.87. The molecule has 1 heterocycles. The average molecular weight is 251 g/mol. The lowest BCUT2D eigenvalue weighted by atomic mass is 10.1. The molecule has 1 unspecified atom stereocenters. The van der Waals surface area contributed by atoms with Crippen molar-refractivity contribution in [3.63, 3.8) is 0 Å². The monoisotopic (exact) mass is 251 g/mol. The quantitative estimate of drug-likeness (QED) is 0.772. The Hall–Kier alpha value is -1.36. The van der Waals surface area contributed by atoms with Gasteiger partial charge in [-0.15, -0.1) is 0 Å². The minimum Gasteiger partial charge on any atom is -0.468 e. The van der Waals surface area contributed by atoms with E-state index >= 15 is 0 Å². The molecule has 18 heavy (non-hydrogen) atoms. The maximum atomic E-state index is 11.9. The van der Waals surface area contributed by atoms with Crippen LogP contribution in [0.3, 0.4) is 0 Å². The van der Waals surface area contributed by atoms with Crippen molar-refractivity contribution in [1.29, 1.82) is 0 Å². The summed E-state index contributed by atoms with van der Waals surface area (Å²) in [5.41, 5.74) is 1.89. The molecule has 0 spiro atoms. The fraction of sp³-hybridized carbons (Fsp3) is 0.692. The van der Waals surface area contributed by atoms with Gasteiger partial charge in [-0.1, -0.05) is 6.92 Å². The highest BCUT2D eigenvalue weighted by atomic mass is 16.5. The number of esters is 1. The molecule has 1 aliphatic carbocycles. The summed E-state index contributed by atoms with van der Waals surface area (Å²) >= 11 is 0. The van der Waals surface area contributed by atoms with Gasteiger partial charge in [0.25, 0.3) is 0 Å². The number of nitrogens with zero attached hydrogens (tertiary/aromatic N) is 2. The van der Waals surface area contributed by atoms with E-state index in [0.717, 1.165) is 30.1 Å². The second kappa shape index (κ2) is 5.52. The molecule has 1 aliphatic rings. The predicted octanol–water partition coefficient (Wildman–Crippen LogP) is 1.20. The number of methoxy groups -OCH3 is 1. The van der Waals surface area contributed by atoms with Crippen LogP contribution in [0.4, 0.5) is 0 Å². The van der Waals surface area contributed by atoms with Crippen molar-refractivity contribution in [3.8, 4) is 0 Å². The highest BCUT2D eigenvalue weighted by Crippen LogP contribution is 2.29. The molecule has 0 saturated heterocycles. The van der Waals surface area contributed by atoms with Gasteiger partial charge in [-0.2, -0.15) is 5.10 Å². The van der Waals surface area contributed by atoms with Crippen LogP contribution in [0, 0.1) is 5.92 Å². The van der Waals surface area contributed by atoms with Gasteiger partial charge in [0, 0.05) is 18.8 Å². The third-order valence-corrected chi connectivity index (χ3v) is 3.33. The summed E-state index contributed by atoms with van der Waals surface area (Å²) in [6, 6.07) is -0.390. The maximum Gasteiger partial charge on any atom is 0.327 e. The predicted molar refractivity (Wildman–Crippen MR) is 68.1 cm³/mol. The molecule has 1 fully saturated rings. The Morgan fingerprint density at radius 3 is 2.94 bits per heavy atom. The number of hydrogen-bond donors (Lipinski definition) is 1. The largest absolute Gasteiger partial charge is 0.468 e. The first kappa shape index (κ1) is 13.1. The van der Waals surface area contributed by atoms with Crippen molar-refractivity contribution in [2.75, 3.05) is 13.7 Å². The fourth-order valence-corrected chi connectivity index (χ4v) is 2.11. The summed E-state index contributed by atoms with van der Waals surface area (Å²) in [7, 11) is 3.30.